The molecule has 0 radical (unpaired) electrons. The molecule has 0 spiro atoms. The van der Waals surface area contributed by atoms with E-state index < -0.39 is 0 Å². The first kappa shape index (κ1) is 18.3. The first-order chi connectivity index (χ1) is 9.65. The van der Waals surface area contributed by atoms with Gasteiger partial charge < -0.3 is 19.9 Å². The van der Waals surface area contributed by atoms with Gasteiger partial charge in [0, 0.05) is 38.8 Å². The van der Waals surface area contributed by atoms with E-state index in [0.29, 0.717) is 25.7 Å². The van der Waals surface area contributed by atoms with Crippen LogP contribution in [0, 0.1) is 5.92 Å². The van der Waals surface area contributed by atoms with Crippen LogP contribution in [0.5, 0.6) is 0 Å². The van der Waals surface area contributed by atoms with Crippen LogP contribution in [0.25, 0.3) is 0 Å². The smallest absolute Gasteiger partial charge is 0.409 e. The second-order valence-electron chi connectivity index (χ2n) is 5.43. The summed E-state index contributed by atoms with van der Waals surface area (Å²) in [5.41, 5.74) is 0. The van der Waals surface area contributed by atoms with Crippen LogP contribution in [-0.2, 0) is 4.74 Å². The number of halogens is 1. The Kier molecular flexibility index (Phi) is 7.55. The van der Waals surface area contributed by atoms with Crippen molar-refractivity contribution in [1.29, 1.82) is 0 Å². The largest absolute Gasteiger partial charge is 0.450 e. The van der Waals surface area contributed by atoms with E-state index in [1.165, 1.54) is 6.42 Å². The molecule has 2 aliphatic rings. The van der Waals surface area contributed by atoms with Crippen LogP contribution in [0.2, 0.25) is 0 Å². The van der Waals surface area contributed by atoms with Gasteiger partial charge in [0.1, 0.15) is 0 Å². The standard InChI is InChI=1S/C14H26N4O2.HI/c1-4-15-13(16-12-10-11(12)3)17-6-8-18(9-7-17)14(19)20-5-2;/h11-12H,4-10H2,1-3H3,(H,15,16);1H. The van der Waals surface area contributed by atoms with Crippen molar-refractivity contribution in [2.24, 2.45) is 10.9 Å². The third-order valence-electron chi connectivity index (χ3n) is 3.84. The highest BCUT2D eigenvalue weighted by molar-refractivity contribution is 14.0. The molecule has 1 amide bonds. The molecule has 1 aliphatic carbocycles. The van der Waals surface area contributed by atoms with E-state index in [1.54, 1.807) is 4.90 Å². The van der Waals surface area contributed by atoms with Gasteiger partial charge in [-0.2, -0.15) is 0 Å². The van der Waals surface area contributed by atoms with Gasteiger partial charge in [0.25, 0.3) is 0 Å². The zero-order valence-electron chi connectivity index (χ0n) is 13.2. The van der Waals surface area contributed by atoms with E-state index in [-0.39, 0.29) is 30.1 Å². The molecule has 1 saturated carbocycles. The van der Waals surface area contributed by atoms with E-state index in [9.17, 15) is 4.79 Å². The fourth-order valence-corrected chi connectivity index (χ4v) is 2.39. The molecule has 0 bridgehead atoms. The van der Waals surface area contributed by atoms with Gasteiger partial charge in [0.15, 0.2) is 5.96 Å². The molecule has 122 valence electrons. The number of guanidine groups is 1. The van der Waals surface area contributed by atoms with Crippen molar-refractivity contribution in [3.05, 3.63) is 0 Å². The van der Waals surface area contributed by atoms with Gasteiger partial charge in [-0.05, 0) is 26.2 Å². The fraction of sp³-hybridized carbons (Fsp3) is 0.857. The van der Waals surface area contributed by atoms with Gasteiger partial charge in [0.2, 0.25) is 0 Å². The zero-order chi connectivity index (χ0) is 14.5. The number of rotatable bonds is 3. The molecule has 2 unspecified atom stereocenters. The number of carbonyl (C=O) groups excluding carboxylic acids is 1. The Hall–Kier alpha value is -0.730. The Morgan fingerprint density at radius 3 is 2.29 bits per heavy atom. The topological polar surface area (TPSA) is 57.2 Å². The Morgan fingerprint density at radius 2 is 1.81 bits per heavy atom. The van der Waals surface area contributed by atoms with Crippen LogP contribution in [0.3, 0.4) is 0 Å². The Balaban J connectivity index is 0.00000220. The Labute approximate surface area is 144 Å². The minimum absolute atomic E-state index is 0. The maximum Gasteiger partial charge on any atom is 0.409 e. The number of nitrogens with zero attached hydrogens (tertiary/aromatic N) is 3. The summed E-state index contributed by atoms with van der Waals surface area (Å²) in [6.07, 6.45) is 1.02. The summed E-state index contributed by atoms with van der Waals surface area (Å²) in [5, 5.41) is 3.52. The minimum atomic E-state index is -0.204. The van der Waals surface area contributed by atoms with Crippen LogP contribution >= 0.6 is 24.0 Å². The number of amides is 1. The maximum absolute atomic E-state index is 11.7. The summed E-state index contributed by atoms with van der Waals surface area (Å²) < 4.78 is 5.04. The lowest BCUT2D eigenvalue weighted by Gasteiger charge is -2.36. The highest BCUT2D eigenvalue weighted by Crippen LogP contribution is 2.29. The summed E-state index contributed by atoms with van der Waals surface area (Å²) in [6.45, 7) is 10.4. The van der Waals surface area contributed by atoms with Crippen molar-refractivity contribution in [3.63, 3.8) is 0 Å². The number of aliphatic imine (C=N–C) groups is 1. The molecule has 1 saturated heterocycles. The highest BCUT2D eigenvalue weighted by atomic mass is 127. The van der Waals surface area contributed by atoms with E-state index in [4.69, 9.17) is 4.74 Å². The molecular weight excluding hydrogens is 383 g/mol. The number of hydrogen-bond acceptors (Lipinski definition) is 3. The Morgan fingerprint density at radius 1 is 1.24 bits per heavy atom. The lowest BCUT2D eigenvalue weighted by atomic mass is 10.3. The molecule has 21 heavy (non-hydrogen) atoms. The minimum Gasteiger partial charge on any atom is -0.450 e. The first-order valence-electron chi connectivity index (χ1n) is 7.63. The summed E-state index contributed by atoms with van der Waals surface area (Å²) in [4.78, 5) is 20.2. The van der Waals surface area contributed by atoms with Crippen LogP contribution in [0.4, 0.5) is 4.79 Å². The monoisotopic (exact) mass is 410 g/mol. The van der Waals surface area contributed by atoms with Gasteiger partial charge >= 0.3 is 6.09 Å². The second-order valence-corrected chi connectivity index (χ2v) is 5.43. The highest BCUT2D eigenvalue weighted by Gasteiger charge is 2.34. The van der Waals surface area contributed by atoms with Gasteiger partial charge in [0.05, 0.1) is 6.61 Å². The third-order valence-corrected chi connectivity index (χ3v) is 3.84. The van der Waals surface area contributed by atoms with E-state index in [2.05, 4.69) is 22.1 Å². The molecule has 6 nitrogen and oxygen atoms in total. The molecule has 2 rings (SSSR count). The van der Waals surface area contributed by atoms with Crippen molar-refractivity contribution >= 4 is 36.0 Å². The second kappa shape index (κ2) is 8.65. The molecule has 7 heteroatoms. The van der Waals surface area contributed by atoms with Crippen LogP contribution in [0.1, 0.15) is 27.2 Å². The van der Waals surface area contributed by atoms with Crippen LogP contribution in [-0.4, -0.2) is 67.2 Å². The summed E-state index contributed by atoms with van der Waals surface area (Å²) in [5.74, 6) is 1.74. The normalized spacial score (nSPS) is 25.2. The summed E-state index contributed by atoms with van der Waals surface area (Å²) in [6, 6.07) is 0.573. The first-order valence-corrected chi connectivity index (χ1v) is 7.63. The summed E-state index contributed by atoms with van der Waals surface area (Å²) >= 11 is 0. The molecule has 0 aromatic carbocycles. The van der Waals surface area contributed by atoms with Crippen molar-refractivity contribution in [2.75, 3.05) is 39.3 Å². The quantitative estimate of drug-likeness (QED) is 0.438. The average molecular weight is 410 g/mol. The number of ether oxygens (including phenoxy) is 1. The van der Waals surface area contributed by atoms with E-state index in [0.717, 1.165) is 31.5 Å². The molecule has 2 atom stereocenters. The molecular formula is C14H27IN4O2. The predicted octanol–water partition coefficient (Wildman–Crippen LogP) is 1.75. The number of piperazine rings is 1. The number of carbonyl (C=O) groups is 1. The van der Waals surface area contributed by atoms with Crippen molar-refractivity contribution < 1.29 is 9.53 Å². The van der Waals surface area contributed by atoms with Gasteiger partial charge in [-0.3, -0.25) is 4.99 Å². The van der Waals surface area contributed by atoms with Crippen molar-refractivity contribution in [1.82, 2.24) is 15.1 Å². The molecule has 1 heterocycles. The van der Waals surface area contributed by atoms with Gasteiger partial charge in [-0.25, -0.2) is 4.79 Å². The molecule has 2 fully saturated rings. The number of nitrogens with one attached hydrogen (secondary N) is 1. The lowest BCUT2D eigenvalue weighted by molar-refractivity contribution is 0.0914. The summed E-state index contributed by atoms with van der Waals surface area (Å²) in [7, 11) is 0. The SMILES string of the molecule is CCN=C(NC1CC1C)N1CCN(C(=O)OCC)CC1.I. The molecule has 0 aromatic rings. The van der Waals surface area contributed by atoms with Crippen LogP contribution in [0.15, 0.2) is 4.99 Å². The fourth-order valence-electron chi connectivity index (χ4n) is 2.39. The Bertz CT molecular complexity index is 370. The van der Waals surface area contributed by atoms with Crippen LogP contribution < -0.4 is 5.32 Å². The lowest BCUT2D eigenvalue weighted by Crippen LogP contribution is -2.54. The zero-order valence-corrected chi connectivity index (χ0v) is 15.5. The van der Waals surface area contributed by atoms with Crippen molar-refractivity contribution in [3.8, 4) is 0 Å². The van der Waals surface area contributed by atoms with E-state index >= 15 is 0 Å². The van der Waals surface area contributed by atoms with Gasteiger partial charge in [-0.15, -0.1) is 24.0 Å². The number of hydrogen-bond donors (Lipinski definition) is 1. The molecule has 1 N–H and O–H groups in total. The van der Waals surface area contributed by atoms with E-state index in [1.807, 2.05) is 13.8 Å². The predicted molar refractivity (Wildman–Crippen MR) is 94.3 cm³/mol. The van der Waals surface area contributed by atoms with Crippen molar-refractivity contribution in [2.45, 2.75) is 33.2 Å². The molecule has 1 aliphatic heterocycles. The molecule has 0 aromatic heterocycles. The maximum atomic E-state index is 11.7. The third kappa shape index (κ3) is 5.19. The average Bonchev–Trinajstić information content (AvgIpc) is 3.14. The van der Waals surface area contributed by atoms with Gasteiger partial charge in [-0.1, -0.05) is 6.92 Å².